The van der Waals surface area contributed by atoms with E-state index in [1.165, 1.54) is 0 Å². The van der Waals surface area contributed by atoms with E-state index in [4.69, 9.17) is 4.89 Å². The van der Waals surface area contributed by atoms with Crippen molar-refractivity contribution in [3.8, 4) is 0 Å². The van der Waals surface area contributed by atoms with Gasteiger partial charge in [-0.3, -0.25) is 14.8 Å². The highest BCUT2D eigenvalue weighted by Crippen LogP contribution is 2.63. The van der Waals surface area contributed by atoms with E-state index in [9.17, 15) is 20.0 Å². The van der Waals surface area contributed by atoms with Gasteiger partial charge in [-0.1, -0.05) is 27.2 Å². The SMILES string of the molecule is CC(C)[C@]1(OO)C=C2C(=O)C[C@H]3[C@](C)(CCC[C@@]3(C)C(=O)O)[C@@H]2CC1. The molecule has 0 aromatic heterocycles. The topological polar surface area (TPSA) is 83.8 Å². The molecular formula is C20H30O5. The van der Waals surface area contributed by atoms with Crippen LogP contribution in [0.3, 0.4) is 0 Å². The lowest BCUT2D eigenvalue weighted by Gasteiger charge is -2.58. The zero-order chi connectivity index (χ0) is 18.6. The predicted octanol–water partition coefficient (Wildman–Crippen LogP) is 4.08. The molecule has 3 rings (SSSR count). The van der Waals surface area contributed by atoms with Gasteiger partial charge in [0.1, 0.15) is 5.60 Å². The minimum absolute atomic E-state index is 0.0311. The molecule has 3 aliphatic rings. The summed E-state index contributed by atoms with van der Waals surface area (Å²) in [5, 5.41) is 19.4. The van der Waals surface area contributed by atoms with Gasteiger partial charge in [0.15, 0.2) is 5.78 Å². The molecule has 2 N–H and O–H groups in total. The normalized spacial score (nSPS) is 44.1. The van der Waals surface area contributed by atoms with Gasteiger partial charge in [0, 0.05) is 6.42 Å². The van der Waals surface area contributed by atoms with Crippen molar-refractivity contribution >= 4 is 11.8 Å². The first-order valence-corrected chi connectivity index (χ1v) is 9.42. The lowest BCUT2D eigenvalue weighted by atomic mass is 9.45. The number of carbonyl (C=O) groups is 2. The summed E-state index contributed by atoms with van der Waals surface area (Å²) in [6.45, 7) is 7.95. The summed E-state index contributed by atoms with van der Waals surface area (Å²) in [5.74, 6) is -0.777. The Hall–Kier alpha value is -1.20. The van der Waals surface area contributed by atoms with E-state index in [2.05, 4.69) is 6.92 Å². The van der Waals surface area contributed by atoms with Crippen molar-refractivity contribution in [2.75, 3.05) is 0 Å². The fourth-order valence-corrected chi connectivity index (χ4v) is 5.90. The quantitative estimate of drug-likeness (QED) is 0.592. The summed E-state index contributed by atoms with van der Waals surface area (Å²) in [6.07, 6.45) is 5.98. The first kappa shape index (κ1) is 18.6. The van der Waals surface area contributed by atoms with Crippen molar-refractivity contribution in [1.82, 2.24) is 0 Å². The standard InChI is InChI=1S/C20H30O5/c1-12(2)20(25-24)9-6-14-13(11-20)15(21)10-16-18(14,3)7-5-8-19(16,4)17(22)23/h11-12,14,16,24H,5-10H2,1-4H3,(H,22,23)/t14-,16+,18-,19-,20-/m1/s1. The smallest absolute Gasteiger partial charge is 0.309 e. The lowest BCUT2D eigenvalue weighted by Crippen LogP contribution is -2.57. The third-order valence-corrected chi connectivity index (χ3v) is 7.72. The number of rotatable bonds is 3. The second-order valence-electron chi connectivity index (χ2n) is 9.15. The maximum Gasteiger partial charge on any atom is 0.309 e. The Morgan fingerprint density at radius 2 is 1.96 bits per heavy atom. The Kier molecular flexibility index (Phi) is 4.40. The van der Waals surface area contributed by atoms with Gasteiger partial charge in [0.25, 0.3) is 0 Å². The number of carboxylic acids is 1. The fourth-order valence-electron chi connectivity index (χ4n) is 5.90. The van der Waals surface area contributed by atoms with E-state index in [1.54, 1.807) is 0 Å². The van der Waals surface area contributed by atoms with Crippen LogP contribution in [0.5, 0.6) is 0 Å². The second-order valence-corrected chi connectivity index (χ2v) is 9.15. The van der Waals surface area contributed by atoms with Crippen LogP contribution in [0.25, 0.3) is 0 Å². The molecule has 5 nitrogen and oxygen atoms in total. The summed E-state index contributed by atoms with van der Waals surface area (Å²) >= 11 is 0. The number of fused-ring (bicyclic) bond motifs is 3. The van der Waals surface area contributed by atoms with Crippen LogP contribution in [-0.2, 0) is 14.5 Å². The van der Waals surface area contributed by atoms with Crippen LogP contribution in [0.4, 0.5) is 0 Å². The molecular weight excluding hydrogens is 320 g/mol. The first-order valence-electron chi connectivity index (χ1n) is 9.42. The third-order valence-electron chi connectivity index (χ3n) is 7.72. The average Bonchev–Trinajstić information content (AvgIpc) is 2.56. The summed E-state index contributed by atoms with van der Waals surface area (Å²) in [5.41, 5.74) is -1.09. The molecule has 2 saturated carbocycles. The van der Waals surface area contributed by atoms with Crippen molar-refractivity contribution in [3.63, 3.8) is 0 Å². The summed E-state index contributed by atoms with van der Waals surface area (Å²) in [6, 6.07) is 0. The van der Waals surface area contributed by atoms with Crippen LogP contribution < -0.4 is 0 Å². The molecule has 5 heteroatoms. The number of carboxylic acid groups (broad SMARTS) is 1. The van der Waals surface area contributed by atoms with Crippen molar-refractivity contribution in [2.45, 2.75) is 71.8 Å². The van der Waals surface area contributed by atoms with Crippen LogP contribution in [-0.4, -0.2) is 27.7 Å². The zero-order valence-corrected chi connectivity index (χ0v) is 15.7. The molecule has 5 atom stereocenters. The van der Waals surface area contributed by atoms with E-state index in [-0.39, 0.29) is 35.4 Å². The van der Waals surface area contributed by atoms with Crippen molar-refractivity contribution in [1.29, 1.82) is 0 Å². The molecule has 0 aliphatic heterocycles. The highest BCUT2D eigenvalue weighted by atomic mass is 17.1. The highest BCUT2D eigenvalue weighted by Gasteiger charge is 2.61. The van der Waals surface area contributed by atoms with Crippen LogP contribution >= 0.6 is 0 Å². The van der Waals surface area contributed by atoms with Gasteiger partial charge in [-0.2, -0.15) is 0 Å². The molecule has 2 fully saturated rings. The maximum atomic E-state index is 13.0. The van der Waals surface area contributed by atoms with Gasteiger partial charge in [0.2, 0.25) is 0 Å². The van der Waals surface area contributed by atoms with Crippen molar-refractivity contribution < 1.29 is 24.8 Å². The lowest BCUT2D eigenvalue weighted by molar-refractivity contribution is -0.323. The van der Waals surface area contributed by atoms with Gasteiger partial charge < -0.3 is 5.11 Å². The molecule has 0 heterocycles. The Morgan fingerprint density at radius 1 is 1.28 bits per heavy atom. The summed E-state index contributed by atoms with van der Waals surface area (Å²) in [4.78, 5) is 29.8. The molecule has 0 spiro atoms. The van der Waals surface area contributed by atoms with Gasteiger partial charge in [-0.05, 0) is 67.4 Å². The van der Waals surface area contributed by atoms with E-state index in [0.29, 0.717) is 12.8 Å². The highest BCUT2D eigenvalue weighted by molar-refractivity contribution is 5.98. The number of aliphatic carboxylic acids is 1. The van der Waals surface area contributed by atoms with Crippen LogP contribution in [0.1, 0.15) is 66.2 Å². The number of hydrogen-bond donors (Lipinski definition) is 2. The Balaban J connectivity index is 2.06. The minimum atomic E-state index is -0.839. The summed E-state index contributed by atoms with van der Waals surface area (Å²) in [7, 11) is 0. The van der Waals surface area contributed by atoms with Crippen molar-refractivity contribution in [2.24, 2.45) is 28.6 Å². The molecule has 140 valence electrons. The van der Waals surface area contributed by atoms with E-state index < -0.39 is 17.0 Å². The molecule has 0 radical (unpaired) electrons. The Morgan fingerprint density at radius 3 is 2.52 bits per heavy atom. The molecule has 0 amide bonds. The van der Waals surface area contributed by atoms with Gasteiger partial charge >= 0.3 is 5.97 Å². The van der Waals surface area contributed by atoms with Gasteiger partial charge in [-0.25, -0.2) is 4.89 Å². The van der Waals surface area contributed by atoms with Crippen LogP contribution in [0, 0.1) is 28.6 Å². The van der Waals surface area contributed by atoms with Crippen molar-refractivity contribution in [3.05, 3.63) is 11.6 Å². The number of carbonyl (C=O) groups excluding carboxylic acids is 1. The number of hydrogen-bond acceptors (Lipinski definition) is 4. The third kappa shape index (κ3) is 2.50. The number of ketones is 1. The van der Waals surface area contributed by atoms with Crippen LogP contribution in [0.2, 0.25) is 0 Å². The Bertz CT molecular complexity index is 624. The summed E-state index contributed by atoms with van der Waals surface area (Å²) < 4.78 is 0. The number of allylic oxidation sites excluding steroid dienone is 1. The average molecular weight is 350 g/mol. The van der Waals surface area contributed by atoms with Crippen LogP contribution in [0.15, 0.2) is 11.6 Å². The predicted molar refractivity (Wildman–Crippen MR) is 92.9 cm³/mol. The maximum absolute atomic E-state index is 13.0. The van der Waals surface area contributed by atoms with Gasteiger partial charge in [-0.15, -0.1) is 0 Å². The largest absolute Gasteiger partial charge is 0.481 e. The van der Waals surface area contributed by atoms with E-state index in [1.807, 2.05) is 26.8 Å². The van der Waals surface area contributed by atoms with E-state index >= 15 is 0 Å². The molecule has 0 unspecified atom stereocenters. The molecule has 0 saturated heterocycles. The molecule has 3 aliphatic carbocycles. The first-order chi connectivity index (χ1) is 11.6. The fraction of sp³-hybridized carbons (Fsp3) is 0.800. The second kappa shape index (κ2) is 5.92. The zero-order valence-electron chi connectivity index (χ0n) is 15.7. The minimum Gasteiger partial charge on any atom is -0.481 e. The van der Waals surface area contributed by atoms with E-state index in [0.717, 1.165) is 24.8 Å². The Labute approximate surface area is 149 Å². The van der Waals surface area contributed by atoms with Gasteiger partial charge in [0.05, 0.1) is 5.41 Å². The number of Topliss-reactive ketones (excluding diaryl/α,β-unsaturated/α-hetero) is 1. The molecule has 0 aromatic rings. The molecule has 0 aromatic carbocycles. The molecule has 25 heavy (non-hydrogen) atoms. The molecule has 0 bridgehead atoms. The monoisotopic (exact) mass is 350 g/mol.